The van der Waals surface area contributed by atoms with Gasteiger partial charge in [0.2, 0.25) is 0 Å². The molecule has 0 aliphatic heterocycles. The first kappa shape index (κ1) is 19.7. The van der Waals surface area contributed by atoms with Crippen LogP contribution in [0.25, 0.3) is 0 Å². The molecule has 26 heavy (non-hydrogen) atoms. The molecule has 132 valence electrons. The molecular weight excluding hydrogens is 471 g/mol. The van der Waals surface area contributed by atoms with Crippen molar-refractivity contribution in [1.82, 2.24) is 0 Å². The number of nitro groups is 1. The van der Waals surface area contributed by atoms with Gasteiger partial charge in [-0.1, -0.05) is 11.6 Å². The molecule has 0 aliphatic carbocycles. The Morgan fingerprint density at radius 3 is 2.65 bits per heavy atom. The highest BCUT2D eigenvalue weighted by atomic mass is 127. The average molecular weight is 483 g/mol. The van der Waals surface area contributed by atoms with Crippen molar-refractivity contribution in [3.8, 4) is 6.07 Å². The number of hydrogen-bond acceptors (Lipinski definition) is 5. The lowest BCUT2D eigenvalue weighted by Gasteiger charge is -2.09. The minimum atomic E-state index is -0.606. The Bertz CT molecular complexity index is 954. The van der Waals surface area contributed by atoms with Gasteiger partial charge in [-0.05, 0) is 59.3 Å². The summed E-state index contributed by atoms with van der Waals surface area (Å²) in [6.45, 7) is 1.84. The van der Waals surface area contributed by atoms with Crippen molar-refractivity contribution < 1.29 is 9.72 Å². The van der Waals surface area contributed by atoms with Gasteiger partial charge in [0.05, 0.1) is 15.6 Å². The van der Waals surface area contributed by atoms with Crippen LogP contribution in [0.1, 0.15) is 5.56 Å². The Morgan fingerprint density at radius 1 is 1.31 bits per heavy atom. The highest BCUT2D eigenvalue weighted by molar-refractivity contribution is 14.1. The van der Waals surface area contributed by atoms with Gasteiger partial charge in [-0.15, -0.1) is 0 Å². The molecule has 9 heteroatoms. The first-order valence-corrected chi connectivity index (χ1v) is 8.65. The zero-order chi connectivity index (χ0) is 19.3. The molecule has 0 saturated carbocycles. The summed E-state index contributed by atoms with van der Waals surface area (Å²) in [5.74, 6) is -0.606. The smallest absolute Gasteiger partial charge is 0.271 e. The second kappa shape index (κ2) is 8.64. The summed E-state index contributed by atoms with van der Waals surface area (Å²) >= 11 is 8.13. The predicted octanol–water partition coefficient (Wildman–Crippen LogP) is 4.62. The van der Waals surface area contributed by atoms with Gasteiger partial charge in [-0.25, -0.2) is 0 Å². The van der Waals surface area contributed by atoms with Crippen LogP contribution in [0, 0.1) is 31.9 Å². The molecule has 0 radical (unpaired) electrons. The van der Waals surface area contributed by atoms with Crippen molar-refractivity contribution in [2.75, 3.05) is 10.6 Å². The van der Waals surface area contributed by atoms with Crippen molar-refractivity contribution in [3.05, 3.63) is 72.4 Å². The minimum Gasteiger partial charge on any atom is -0.359 e. The van der Waals surface area contributed by atoms with Crippen LogP contribution in [0.15, 0.2) is 48.2 Å². The second-order valence-electron chi connectivity index (χ2n) is 5.15. The fourth-order valence-electron chi connectivity index (χ4n) is 1.99. The molecule has 2 aromatic carbocycles. The average Bonchev–Trinajstić information content (AvgIpc) is 2.59. The maximum absolute atomic E-state index is 12.3. The lowest BCUT2D eigenvalue weighted by Crippen LogP contribution is -2.15. The van der Waals surface area contributed by atoms with Gasteiger partial charge in [-0.2, -0.15) is 5.26 Å². The molecule has 7 nitrogen and oxygen atoms in total. The SMILES string of the molecule is Cc1cc(I)ccc1NC(=O)/C(C#N)=C\Nc1cc([N+](=O)[O-])ccc1Cl. The zero-order valence-electron chi connectivity index (χ0n) is 13.4. The van der Waals surface area contributed by atoms with Crippen LogP contribution >= 0.6 is 34.2 Å². The van der Waals surface area contributed by atoms with E-state index in [0.29, 0.717) is 5.69 Å². The van der Waals surface area contributed by atoms with E-state index in [-0.39, 0.29) is 22.0 Å². The molecule has 0 unspecified atom stereocenters. The molecular formula is C17H12ClIN4O3. The van der Waals surface area contributed by atoms with Crippen LogP contribution < -0.4 is 10.6 Å². The third-order valence-electron chi connectivity index (χ3n) is 3.33. The van der Waals surface area contributed by atoms with Crippen LogP contribution in [0.4, 0.5) is 17.1 Å². The third kappa shape index (κ3) is 4.93. The van der Waals surface area contributed by atoms with Crippen LogP contribution in [0.3, 0.4) is 0 Å². The van der Waals surface area contributed by atoms with Gasteiger partial charge in [0.1, 0.15) is 11.6 Å². The number of halogens is 2. The molecule has 0 atom stereocenters. The highest BCUT2D eigenvalue weighted by Crippen LogP contribution is 2.27. The van der Waals surface area contributed by atoms with Crippen LogP contribution in [-0.4, -0.2) is 10.8 Å². The number of nitro benzene ring substituents is 1. The van der Waals surface area contributed by atoms with Crippen molar-refractivity contribution in [1.29, 1.82) is 5.26 Å². The normalized spacial score (nSPS) is 10.8. The van der Waals surface area contributed by atoms with Crippen LogP contribution in [-0.2, 0) is 4.79 Å². The number of nitriles is 1. The second-order valence-corrected chi connectivity index (χ2v) is 6.80. The molecule has 0 saturated heterocycles. The van der Waals surface area contributed by atoms with Gasteiger partial charge in [0.25, 0.3) is 11.6 Å². The van der Waals surface area contributed by atoms with E-state index in [1.54, 1.807) is 12.1 Å². The van der Waals surface area contributed by atoms with Gasteiger partial charge < -0.3 is 10.6 Å². The van der Waals surface area contributed by atoms with Gasteiger partial charge in [0, 0.05) is 27.6 Å². The predicted molar refractivity (Wildman–Crippen MR) is 108 cm³/mol. The summed E-state index contributed by atoms with van der Waals surface area (Å²) in [6, 6.07) is 11.1. The number of anilines is 2. The molecule has 2 N–H and O–H groups in total. The van der Waals surface area contributed by atoms with Crippen LogP contribution in [0.5, 0.6) is 0 Å². The van der Waals surface area contributed by atoms with Gasteiger partial charge >= 0.3 is 0 Å². The van der Waals surface area contributed by atoms with Crippen molar-refractivity contribution >= 4 is 57.2 Å². The molecule has 0 aliphatic rings. The summed E-state index contributed by atoms with van der Waals surface area (Å²) in [7, 11) is 0. The van der Waals surface area contributed by atoms with Crippen molar-refractivity contribution in [2.45, 2.75) is 6.92 Å². The number of hydrogen-bond donors (Lipinski definition) is 2. The first-order valence-electron chi connectivity index (χ1n) is 7.20. The number of nitrogens with one attached hydrogen (secondary N) is 2. The number of non-ortho nitro benzene ring substituents is 1. The number of rotatable bonds is 5. The number of carbonyl (C=O) groups is 1. The summed E-state index contributed by atoms with van der Waals surface area (Å²) in [4.78, 5) is 22.5. The van der Waals surface area contributed by atoms with Crippen LogP contribution in [0.2, 0.25) is 5.02 Å². The maximum atomic E-state index is 12.3. The number of nitrogens with zero attached hydrogens (tertiary/aromatic N) is 2. The van der Waals surface area contributed by atoms with E-state index in [1.165, 1.54) is 18.2 Å². The summed E-state index contributed by atoms with van der Waals surface area (Å²) < 4.78 is 1.02. The van der Waals surface area contributed by atoms with Gasteiger partial charge in [-0.3, -0.25) is 14.9 Å². The van der Waals surface area contributed by atoms with E-state index in [0.717, 1.165) is 15.3 Å². The van der Waals surface area contributed by atoms with Crippen molar-refractivity contribution in [2.24, 2.45) is 0 Å². The number of amides is 1. The highest BCUT2D eigenvalue weighted by Gasteiger charge is 2.13. The molecule has 1 amide bonds. The number of carbonyl (C=O) groups excluding carboxylic acids is 1. The molecule has 0 aromatic heterocycles. The van der Waals surface area contributed by atoms with E-state index in [2.05, 4.69) is 33.2 Å². The molecule has 0 fully saturated rings. The number of aryl methyl sites for hydroxylation is 1. The molecule has 0 spiro atoms. The lowest BCUT2D eigenvalue weighted by molar-refractivity contribution is -0.384. The summed E-state index contributed by atoms with van der Waals surface area (Å²) in [5.41, 5.74) is 1.29. The third-order valence-corrected chi connectivity index (χ3v) is 4.34. The first-order chi connectivity index (χ1) is 12.3. The quantitative estimate of drug-likeness (QED) is 0.213. The molecule has 0 heterocycles. The number of benzene rings is 2. The Kier molecular flexibility index (Phi) is 6.54. The minimum absolute atomic E-state index is 0.164. The topological polar surface area (TPSA) is 108 Å². The van der Waals surface area contributed by atoms with E-state index in [1.807, 2.05) is 19.1 Å². The lowest BCUT2D eigenvalue weighted by atomic mass is 10.2. The Balaban J connectivity index is 2.20. The van der Waals surface area contributed by atoms with Crippen molar-refractivity contribution in [3.63, 3.8) is 0 Å². The monoisotopic (exact) mass is 482 g/mol. The maximum Gasteiger partial charge on any atom is 0.271 e. The fraction of sp³-hybridized carbons (Fsp3) is 0.0588. The molecule has 2 rings (SSSR count). The Labute approximate surface area is 167 Å². The zero-order valence-corrected chi connectivity index (χ0v) is 16.3. The van der Waals surface area contributed by atoms with Gasteiger partial charge in [0.15, 0.2) is 0 Å². The molecule has 2 aromatic rings. The van der Waals surface area contributed by atoms with E-state index in [4.69, 9.17) is 11.6 Å². The summed E-state index contributed by atoms with van der Waals surface area (Å²) in [5, 5.41) is 25.6. The Hall–Kier alpha value is -2.64. The Morgan fingerprint density at radius 2 is 2.04 bits per heavy atom. The summed E-state index contributed by atoms with van der Waals surface area (Å²) in [6.07, 6.45) is 1.16. The van der Waals surface area contributed by atoms with E-state index < -0.39 is 10.8 Å². The van der Waals surface area contributed by atoms with E-state index >= 15 is 0 Å². The molecule has 0 bridgehead atoms. The standard InChI is InChI=1S/C17H12ClIN4O3/c1-10-6-12(19)2-5-15(10)22-17(24)11(8-20)9-21-16-7-13(23(25)26)3-4-14(16)18/h2-7,9,21H,1H3,(H,22,24)/b11-9-. The van der Waals surface area contributed by atoms with E-state index in [9.17, 15) is 20.2 Å². The fourth-order valence-corrected chi connectivity index (χ4v) is 2.81. The largest absolute Gasteiger partial charge is 0.359 e.